The lowest BCUT2D eigenvalue weighted by atomic mass is 10.0. The molecule has 0 spiro atoms. The molecule has 0 unspecified atom stereocenters. The Kier molecular flexibility index (Phi) is 4.40. The average molecular weight is 432 g/mol. The van der Waals surface area contributed by atoms with E-state index in [0.29, 0.717) is 5.65 Å². The van der Waals surface area contributed by atoms with Gasteiger partial charge in [0.15, 0.2) is 5.65 Å². The molecule has 33 heavy (non-hydrogen) atoms. The van der Waals surface area contributed by atoms with Crippen molar-refractivity contribution in [2.24, 2.45) is 0 Å². The number of hydrogen-bond donors (Lipinski definition) is 2. The van der Waals surface area contributed by atoms with Crippen LogP contribution in [0.3, 0.4) is 0 Å². The highest BCUT2D eigenvalue weighted by Gasteiger charge is 2.15. The van der Waals surface area contributed by atoms with Gasteiger partial charge < -0.3 is 9.88 Å². The predicted octanol–water partition coefficient (Wildman–Crippen LogP) is 5.30. The molecule has 0 amide bonds. The zero-order valence-corrected chi connectivity index (χ0v) is 18.2. The molecule has 7 nitrogen and oxygen atoms in total. The van der Waals surface area contributed by atoms with Crippen LogP contribution in [-0.2, 0) is 0 Å². The first kappa shape index (κ1) is 19.2. The number of H-pyrrole nitrogens is 2. The summed E-state index contributed by atoms with van der Waals surface area (Å²) in [5.41, 5.74) is 8.96. The van der Waals surface area contributed by atoms with Gasteiger partial charge in [0, 0.05) is 66.3 Å². The Hall–Kier alpha value is -4.52. The van der Waals surface area contributed by atoms with Gasteiger partial charge in [0.25, 0.3) is 0 Å². The summed E-state index contributed by atoms with van der Waals surface area (Å²) in [6.07, 6.45) is 9.19. The van der Waals surface area contributed by atoms with Gasteiger partial charge in [0.2, 0.25) is 0 Å². The second-order valence-corrected chi connectivity index (χ2v) is 8.21. The van der Waals surface area contributed by atoms with Crippen molar-refractivity contribution in [2.75, 3.05) is 19.0 Å². The number of hydrogen-bond acceptors (Lipinski definition) is 5. The van der Waals surface area contributed by atoms with Crippen molar-refractivity contribution < 1.29 is 0 Å². The van der Waals surface area contributed by atoms with Gasteiger partial charge in [0.05, 0.1) is 23.3 Å². The summed E-state index contributed by atoms with van der Waals surface area (Å²) in [4.78, 5) is 18.7. The van der Waals surface area contributed by atoms with Crippen molar-refractivity contribution in [2.45, 2.75) is 0 Å². The van der Waals surface area contributed by atoms with E-state index in [2.05, 4.69) is 66.5 Å². The molecule has 0 aliphatic carbocycles. The Balaban J connectivity index is 1.48. The summed E-state index contributed by atoms with van der Waals surface area (Å²) in [5.74, 6) is 0. The van der Waals surface area contributed by atoms with E-state index in [4.69, 9.17) is 0 Å². The van der Waals surface area contributed by atoms with Crippen molar-refractivity contribution in [3.8, 4) is 33.6 Å². The molecular formula is C26H21N7. The fourth-order valence-electron chi connectivity index (χ4n) is 4.17. The number of pyridine rings is 3. The number of aromatic nitrogens is 6. The molecule has 0 bridgehead atoms. The van der Waals surface area contributed by atoms with Crippen LogP contribution in [0.15, 0.2) is 79.5 Å². The molecule has 0 atom stereocenters. The molecule has 0 radical (unpaired) electrons. The number of fused-ring (bicyclic) bond motifs is 2. The largest absolute Gasteiger partial charge is 0.376 e. The summed E-state index contributed by atoms with van der Waals surface area (Å²) < 4.78 is 0. The Morgan fingerprint density at radius 3 is 2.48 bits per heavy atom. The van der Waals surface area contributed by atoms with E-state index in [1.807, 2.05) is 62.1 Å². The highest BCUT2D eigenvalue weighted by Crippen LogP contribution is 2.34. The van der Waals surface area contributed by atoms with Gasteiger partial charge in [-0.2, -0.15) is 5.10 Å². The van der Waals surface area contributed by atoms with Crippen LogP contribution in [0.1, 0.15) is 0 Å². The molecule has 6 rings (SSSR count). The first-order valence-corrected chi connectivity index (χ1v) is 10.7. The molecular weight excluding hydrogens is 410 g/mol. The van der Waals surface area contributed by atoms with Crippen molar-refractivity contribution in [3.05, 3.63) is 79.5 Å². The van der Waals surface area contributed by atoms with E-state index < -0.39 is 0 Å². The van der Waals surface area contributed by atoms with E-state index in [1.165, 1.54) is 0 Å². The first-order chi connectivity index (χ1) is 16.2. The maximum absolute atomic E-state index is 4.59. The van der Waals surface area contributed by atoms with E-state index in [-0.39, 0.29) is 0 Å². The molecule has 0 aliphatic heterocycles. The van der Waals surface area contributed by atoms with E-state index in [9.17, 15) is 0 Å². The van der Waals surface area contributed by atoms with Crippen molar-refractivity contribution in [1.29, 1.82) is 0 Å². The smallest absolute Gasteiger partial charge is 0.181 e. The van der Waals surface area contributed by atoms with Crippen LogP contribution in [-0.4, -0.2) is 44.2 Å². The Labute approximate surface area is 190 Å². The van der Waals surface area contributed by atoms with Crippen LogP contribution in [0, 0.1) is 0 Å². The van der Waals surface area contributed by atoms with Gasteiger partial charge in [-0.1, -0.05) is 12.1 Å². The third-order valence-corrected chi connectivity index (χ3v) is 5.91. The number of aromatic amines is 2. The topological polar surface area (TPSA) is 86.4 Å². The number of benzene rings is 1. The minimum Gasteiger partial charge on any atom is -0.376 e. The third kappa shape index (κ3) is 3.30. The minimum absolute atomic E-state index is 0.679. The Bertz CT molecular complexity index is 1600. The maximum atomic E-state index is 4.59. The van der Waals surface area contributed by atoms with Crippen LogP contribution in [0.2, 0.25) is 0 Å². The zero-order chi connectivity index (χ0) is 22.4. The summed E-state index contributed by atoms with van der Waals surface area (Å²) in [5, 5.41) is 9.72. The molecule has 5 aromatic heterocycles. The van der Waals surface area contributed by atoms with Gasteiger partial charge in [-0.05, 0) is 47.5 Å². The van der Waals surface area contributed by atoms with E-state index in [0.717, 1.165) is 55.6 Å². The highest BCUT2D eigenvalue weighted by atomic mass is 15.2. The third-order valence-electron chi connectivity index (χ3n) is 5.91. The minimum atomic E-state index is 0.679. The molecule has 1 aromatic carbocycles. The lowest BCUT2D eigenvalue weighted by Gasteiger charge is -2.12. The fraction of sp³-hybridized carbons (Fsp3) is 0.0769. The highest BCUT2D eigenvalue weighted by molar-refractivity contribution is 6.01. The standard InChI is InChI=1S/C26H21N7/c1-33(2)19-10-17(13-28-15-19)18-11-22-25(31-32-26(22)29-14-18)24-12-21-20(4-3-5-23(21)30-24)16-6-8-27-9-7-16/h3-15,30H,1-2H3,(H,29,31,32). The van der Waals surface area contributed by atoms with Crippen LogP contribution >= 0.6 is 0 Å². The average Bonchev–Trinajstić information content (AvgIpc) is 3.48. The number of rotatable bonds is 4. The maximum Gasteiger partial charge on any atom is 0.181 e. The molecule has 6 aromatic rings. The lowest BCUT2D eigenvalue weighted by molar-refractivity contribution is 1.10. The SMILES string of the molecule is CN(C)c1cncc(-c2cnc3n[nH]c(-c4cc5c(-c6ccncc6)cccc5[nH]4)c3c2)c1. The number of nitrogens with zero attached hydrogens (tertiary/aromatic N) is 5. The summed E-state index contributed by atoms with van der Waals surface area (Å²) >= 11 is 0. The van der Waals surface area contributed by atoms with Crippen molar-refractivity contribution in [1.82, 2.24) is 30.1 Å². The van der Waals surface area contributed by atoms with Crippen LogP contribution < -0.4 is 4.90 Å². The molecule has 7 heteroatoms. The van der Waals surface area contributed by atoms with Crippen molar-refractivity contribution in [3.63, 3.8) is 0 Å². The molecule has 0 saturated heterocycles. The summed E-state index contributed by atoms with van der Waals surface area (Å²) in [6, 6.07) is 16.7. The van der Waals surface area contributed by atoms with Gasteiger partial charge in [0.1, 0.15) is 0 Å². The number of nitrogens with one attached hydrogen (secondary N) is 2. The zero-order valence-electron chi connectivity index (χ0n) is 18.2. The van der Waals surface area contributed by atoms with Crippen LogP contribution in [0.4, 0.5) is 5.69 Å². The second-order valence-electron chi connectivity index (χ2n) is 8.21. The summed E-state index contributed by atoms with van der Waals surface area (Å²) in [7, 11) is 4.01. The fourth-order valence-corrected chi connectivity index (χ4v) is 4.17. The van der Waals surface area contributed by atoms with Gasteiger partial charge in [-0.3, -0.25) is 15.1 Å². The molecule has 5 heterocycles. The Morgan fingerprint density at radius 2 is 1.64 bits per heavy atom. The number of anilines is 1. The van der Waals surface area contributed by atoms with Crippen molar-refractivity contribution >= 4 is 27.6 Å². The summed E-state index contributed by atoms with van der Waals surface area (Å²) in [6.45, 7) is 0. The quantitative estimate of drug-likeness (QED) is 0.396. The lowest BCUT2D eigenvalue weighted by Crippen LogP contribution is -2.08. The molecule has 160 valence electrons. The van der Waals surface area contributed by atoms with E-state index >= 15 is 0 Å². The van der Waals surface area contributed by atoms with Crippen LogP contribution in [0.5, 0.6) is 0 Å². The first-order valence-electron chi connectivity index (χ1n) is 10.7. The van der Waals surface area contributed by atoms with E-state index in [1.54, 1.807) is 0 Å². The van der Waals surface area contributed by atoms with Gasteiger partial charge >= 0.3 is 0 Å². The van der Waals surface area contributed by atoms with Gasteiger partial charge in [-0.25, -0.2) is 4.98 Å². The molecule has 0 aliphatic rings. The molecule has 2 N–H and O–H groups in total. The molecule has 0 saturated carbocycles. The van der Waals surface area contributed by atoms with Crippen LogP contribution in [0.25, 0.3) is 55.6 Å². The van der Waals surface area contributed by atoms with Gasteiger partial charge in [-0.15, -0.1) is 0 Å². The second kappa shape index (κ2) is 7.56. The Morgan fingerprint density at radius 1 is 0.788 bits per heavy atom. The normalized spacial score (nSPS) is 11.3. The monoisotopic (exact) mass is 431 g/mol. The predicted molar refractivity (Wildman–Crippen MR) is 132 cm³/mol. The molecule has 0 fully saturated rings.